The Balaban J connectivity index is 1.75. The Bertz CT molecular complexity index is 1100. The second kappa shape index (κ2) is 9.19. The van der Waals surface area contributed by atoms with E-state index in [1.165, 1.54) is 6.92 Å². The SMILES string of the molecule is CC(=O)Nc1cc(F)c(F)cc1NC(=O)c1sc(COc2ccc(Cl)cc2)nc1C. The van der Waals surface area contributed by atoms with Gasteiger partial charge >= 0.3 is 0 Å². The third-order valence-corrected chi connectivity index (χ3v) is 5.22. The number of benzene rings is 2. The van der Waals surface area contributed by atoms with Crippen LogP contribution in [0.3, 0.4) is 0 Å². The Morgan fingerprint density at radius 2 is 1.70 bits per heavy atom. The molecule has 0 unspecified atom stereocenters. The molecule has 10 heteroatoms. The average Bonchev–Trinajstić information content (AvgIpc) is 3.05. The number of ether oxygens (including phenoxy) is 1. The highest BCUT2D eigenvalue weighted by atomic mass is 35.5. The molecular weight excluding hydrogens is 436 g/mol. The van der Waals surface area contributed by atoms with E-state index < -0.39 is 23.4 Å². The van der Waals surface area contributed by atoms with Crippen molar-refractivity contribution in [2.24, 2.45) is 0 Å². The van der Waals surface area contributed by atoms with E-state index in [0.717, 1.165) is 23.5 Å². The van der Waals surface area contributed by atoms with Gasteiger partial charge in [-0.25, -0.2) is 13.8 Å². The monoisotopic (exact) mass is 451 g/mol. The molecule has 2 amide bonds. The smallest absolute Gasteiger partial charge is 0.267 e. The summed E-state index contributed by atoms with van der Waals surface area (Å²) in [5.74, 6) is -2.77. The first-order valence-corrected chi connectivity index (χ1v) is 9.85. The van der Waals surface area contributed by atoms with Gasteiger partial charge in [-0.1, -0.05) is 11.6 Å². The number of carbonyl (C=O) groups excluding carboxylic acids is 2. The summed E-state index contributed by atoms with van der Waals surface area (Å²) < 4.78 is 32.8. The second-order valence-corrected chi connectivity index (χ2v) is 7.73. The van der Waals surface area contributed by atoms with Gasteiger partial charge in [0, 0.05) is 24.1 Å². The van der Waals surface area contributed by atoms with Crippen LogP contribution in [0.5, 0.6) is 5.75 Å². The van der Waals surface area contributed by atoms with Crippen molar-refractivity contribution in [1.29, 1.82) is 0 Å². The van der Waals surface area contributed by atoms with Crippen molar-refractivity contribution in [3.8, 4) is 5.75 Å². The summed E-state index contributed by atoms with van der Waals surface area (Å²) in [5.41, 5.74) is 0.333. The third kappa shape index (κ3) is 5.31. The molecule has 0 spiro atoms. The van der Waals surface area contributed by atoms with E-state index >= 15 is 0 Å². The first kappa shape index (κ1) is 21.7. The lowest BCUT2D eigenvalue weighted by molar-refractivity contribution is -0.114. The number of halogens is 3. The molecule has 0 aliphatic carbocycles. The van der Waals surface area contributed by atoms with Gasteiger partial charge in [-0.2, -0.15) is 0 Å². The molecule has 1 aromatic heterocycles. The van der Waals surface area contributed by atoms with Gasteiger partial charge in [-0.15, -0.1) is 11.3 Å². The van der Waals surface area contributed by atoms with E-state index in [1.807, 2.05) is 0 Å². The highest BCUT2D eigenvalue weighted by Crippen LogP contribution is 2.28. The van der Waals surface area contributed by atoms with E-state index in [0.29, 0.717) is 21.5 Å². The van der Waals surface area contributed by atoms with Crippen LogP contribution in [-0.4, -0.2) is 16.8 Å². The number of nitrogens with one attached hydrogen (secondary N) is 2. The minimum atomic E-state index is -1.16. The molecule has 0 aliphatic rings. The molecule has 0 fully saturated rings. The zero-order chi connectivity index (χ0) is 21.8. The Kier molecular flexibility index (Phi) is 6.63. The van der Waals surface area contributed by atoms with Gasteiger partial charge in [-0.05, 0) is 31.2 Å². The highest BCUT2D eigenvalue weighted by Gasteiger charge is 2.19. The Morgan fingerprint density at radius 3 is 2.30 bits per heavy atom. The number of anilines is 2. The van der Waals surface area contributed by atoms with Crippen LogP contribution in [0.2, 0.25) is 5.02 Å². The molecule has 0 atom stereocenters. The highest BCUT2D eigenvalue weighted by molar-refractivity contribution is 7.13. The van der Waals surface area contributed by atoms with Crippen molar-refractivity contribution in [2.45, 2.75) is 20.5 Å². The molecule has 30 heavy (non-hydrogen) atoms. The molecule has 6 nitrogen and oxygen atoms in total. The number of thiazole rings is 1. The van der Waals surface area contributed by atoms with Gasteiger partial charge in [0.25, 0.3) is 5.91 Å². The van der Waals surface area contributed by atoms with Crippen molar-refractivity contribution in [1.82, 2.24) is 4.98 Å². The maximum Gasteiger partial charge on any atom is 0.267 e. The number of amides is 2. The molecule has 2 aromatic carbocycles. The molecule has 0 aliphatic heterocycles. The lowest BCUT2D eigenvalue weighted by Gasteiger charge is -2.11. The number of aryl methyl sites for hydroxylation is 1. The standard InChI is InChI=1S/C20H16ClF2N3O3S/c1-10-19(30-18(24-10)9-29-13-5-3-12(21)4-6-13)20(28)26-17-8-15(23)14(22)7-16(17)25-11(2)27/h3-8H,9H2,1-2H3,(H,25,27)(H,26,28). The largest absolute Gasteiger partial charge is 0.486 e. The summed E-state index contributed by atoms with van der Waals surface area (Å²) in [4.78, 5) is 28.6. The minimum Gasteiger partial charge on any atom is -0.486 e. The zero-order valence-corrected chi connectivity index (χ0v) is 17.5. The normalized spacial score (nSPS) is 10.6. The molecule has 0 saturated carbocycles. The summed E-state index contributed by atoms with van der Waals surface area (Å²) in [7, 11) is 0. The summed E-state index contributed by atoms with van der Waals surface area (Å²) in [6.45, 7) is 3.01. The minimum absolute atomic E-state index is 0.0526. The van der Waals surface area contributed by atoms with Crippen LogP contribution in [-0.2, 0) is 11.4 Å². The molecule has 3 rings (SSSR count). The zero-order valence-electron chi connectivity index (χ0n) is 15.9. The molecule has 2 N–H and O–H groups in total. The van der Waals surface area contributed by atoms with Crippen molar-refractivity contribution in [3.05, 3.63) is 68.6 Å². The fraction of sp³-hybridized carbons (Fsp3) is 0.150. The van der Waals surface area contributed by atoms with Crippen molar-refractivity contribution < 1.29 is 23.1 Å². The fourth-order valence-corrected chi connectivity index (χ4v) is 3.52. The second-order valence-electron chi connectivity index (χ2n) is 6.21. The molecule has 1 heterocycles. The maximum atomic E-state index is 13.6. The number of aromatic nitrogens is 1. The summed E-state index contributed by atoms with van der Waals surface area (Å²) in [5, 5.41) is 5.99. The summed E-state index contributed by atoms with van der Waals surface area (Å²) >= 11 is 6.94. The van der Waals surface area contributed by atoms with Crippen LogP contribution in [0.1, 0.15) is 27.3 Å². The molecule has 0 saturated heterocycles. The van der Waals surface area contributed by atoms with Crippen LogP contribution in [0.25, 0.3) is 0 Å². The van der Waals surface area contributed by atoms with Gasteiger partial charge in [0.2, 0.25) is 5.91 Å². The fourth-order valence-electron chi connectivity index (χ4n) is 2.52. The number of hydrogen-bond acceptors (Lipinski definition) is 5. The lowest BCUT2D eigenvalue weighted by atomic mass is 10.2. The Morgan fingerprint density at radius 1 is 1.10 bits per heavy atom. The topological polar surface area (TPSA) is 80.3 Å². The van der Waals surface area contributed by atoms with E-state index in [2.05, 4.69) is 15.6 Å². The summed E-state index contributed by atoms with van der Waals surface area (Å²) in [6.07, 6.45) is 0. The Hall–Kier alpha value is -3.04. The molecule has 0 bridgehead atoms. The first-order valence-electron chi connectivity index (χ1n) is 8.65. The van der Waals surface area contributed by atoms with Crippen molar-refractivity contribution >= 4 is 46.1 Å². The number of hydrogen-bond donors (Lipinski definition) is 2. The van der Waals surface area contributed by atoms with Gasteiger partial charge in [0.15, 0.2) is 11.6 Å². The van der Waals surface area contributed by atoms with E-state index in [9.17, 15) is 18.4 Å². The van der Waals surface area contributed by atoms with Gasteiger partial charge in [0.1, 0.15) is 22.2 Å². The van der Waals surface area contributed by atoms with Crippen LogP contribution < -0.4 is 15.4 Å². The predicted molar refractivity (Wildman–Crippen MR) is 111 cm³/mol. The maximum absolute atomic E-state index is 13.6. The van der Waals surface area contributed by atoms with Crippen molar-refractivity contribution in [3.63, 3.8) is 0 Å². The average molecular weight is 452 g/mol. The lowest BCUT2D eigenvalue weighted by Crippen LogP contribution is -2.15. The van der Waals surface area contributed by atoms with Crippen molar-refractivity contribution in [2.75, 3.05) is 10.6 Å². The molecule has 0 radical (unpaired) electrons. The third-order valence-electron chi connectivity index (χ3n) is 3.84. The number of rotatable bonds is 6. The van der Waals surface area contributed by atoms with Crippen LogP contribution in [0.4, 0.5) is 20.2 Å². The van der Waals surface area contributed by atoms with E-state index in [4.69, 9.17) is 16.3 Å². The number of nitrogens with zero attached hydrogens (tertiary/aromatic N) is 1. The van der Waals surface area contributed by atoms with Gasteiger partial charge < -0.3 is 15.4 Å². The van der Waals surface area contributed by atoms with E-state index in [1.54, 1.807) is 31.2 Å². The summed E-state index contributed by atoms with van der Waals surface area (Å²) in [6, 6.07) is 8.41. The predicted octanol–water partition coefficient (Wildman–Crippen LogP) is 5.17. The van der Waals surface area contributed by atoms with Crippen LogP contribution in [0.15, 0.2) is 36.4 Å². The number of carbonyl (C=O) groups is 2. The van der Waals surface area contributed by atoms with E-state index in [-0.39, 0.29) is 22.9 Å². The quantitative estimate of drug-likeness (QED) is 0.541. The van der Waals surface area contributed by atoms with Gasteiger partial charge in [0.05, 0.1) is 17.1 Å². The molecular formula is C20H16ClF2N3O3S. The van der Waals surface area contributed by atoms with Gasteiger partial charge in [-0.3, -0.25) is 9.59 Å². The molecule has 3 aromatic rings. The Labute approximate surface area is 179 Å². The van der Waals surface area contributed by atoms with Crippen LogP contribution in [0, 0.1) is 18.6 Å². The molecule has 156 valence electrons. The first-order chi connectivity index (χ1) is 14.2. The van der Waals surface area contributed by atoms with Crippen LogP contribution >= 0.6 is 22.9 Å².